The summed E-state index contributed by atoms with van der Waals surface area (Å²) >= 11 is 4.94. The van der Waals surface area contributed by atoms with E-state index < -0.39 is 0 Å². The van der Waals surface area contributed by atoms with E-state index in [2.05, 4.69) is 0 Å². The van der Waals surface area contributed by atoms with E-state index in [1.54, 1.807) is 12.2 Å². The van der Waals surface area contributed by atoms with Gasteiger partial charge in [-0.15, -0.1) is 0 Å². The summed E-state index contributed by atoms with van der Waals surface area (Å²) in [7, 11) is 1.65. The Bertz CT molecular complexity index is 140. The Hall–Kier alpha value is -0.480. The molecule has 0 N–H and O–H groups in total. The number of hydrogen-bond acceptors (Lipinski definition) is 3. The maximum Gasteiger partial charge on any atom is 0.116 e. The van der Waals surface area contributed by atoms with Gasteiger partial charge in [0.25, 0.3) is 0 Å². The first-order valence-electron chi connectivity index (χ1n) is 4.50. The summed E-state index contributed by atoms with van der Waals surface area (Å²) in [4.78, 5) is 14.7. The molecule has 1 heterocycles. The van der Waals surface area contributed by atoms with Gasteiger partial charge < -0.3 is 4.79 Å². The minimum atomic E-state index is 0.750. The van der Waals surface area contributed by atoms with Gasteiger partial charge in [0, 0.05) is 13.0 Å². The van der Waals surface area contributed by atoms with Gasteiger partial charge in [-0.05, 0) is 13.3 Å². The molecule has 0 spiro atoms. The fourth-order valence-electron chi connectivity index (χ4n) is 0.816. The molecule has 0 aromatic carbocycles. The lowest BCUT2D eigenvalue weighted by molar-refractivity contribution is -0.106. The molecule has 0 aromatic rings. The number of hydrogen-bond donors (Lipinski definition) is 0. The fraction of sp³-hybridized carbons (Fsp3) is 0.778. The van der Waals surface area contributed by atoms with Gasteiger partial charge in [0.05, 0.1) is 7.11 Å². The highest BCUT2D eigenvalue weighted by atomic mass is 32.1. The molecule has 1 saturated heterocycles. The summed E-state index contributed by atoms with van der Waals surface area (Å²) < 4.78 is 0. The van der Waals surface area contributed by atoms with Crippen LogP contribution in [-0.2, 0) is 9.63 Å². The normalized spacial score (nSPS) is 13.8. The van der Waals surface area contributed by atoms with Gasteiger partial charge in [-0.3, -0.25) is 4.84 Å². The van der Waals surface area contributed by atoms with Crippen LogP contribution in [0, 0.1) is 0 Å². The van der Waals surface area contributed by atoms with E-state index in [1.807, 2.05) is 13.8 Å². The van der Waals surface area contributed by atoms with Crippen LogP contribution in [0.15, 0.2) is 0 Å². The number of hydroxylamine groups is 2. The van der Waals surface area contributed by atoms with Crippen molar-refractivity contribution in [1.82, 2.24) is 5.06 Å². The Balaban J connectivity index is 0. The molecule has 0 bridgehead atoms. The van der Waals surface area contributed by atoms with Crippen molar-refractivity contribution in [3.63, 3.8) is 0 Å². The van der Waals surface area contributed by atoms with E-state index in [0.717, 1.165) is 30.7 Å². The molecule has 0 radical (unpaired) electrons. The zero-order chi connectivity index (χ0) is 10.7. The topological polar surface area (TPSA) is 29.5 Å². The van der Waals surface area contributed by atoms with Crippen molar-refractivity contribution in [3.8, 4) is 0 Å². The third kappa shape index (κ3) is 7.87. The minimum Gasteiger partial charge on any atom is -0.304 e. The standard InChI is InChI=1S/C5H9NOS.C2H4O.C2H6/c1-7-6-4-2-3-5(6)8;1-2-3;1-2/h2-4H2,1H3;2H,1H3;1-2H3. The number of carbonyl (C=O) groups is 1. The van der Waals surface area contributed by atoms with E-state index >= 15 is 0 Å². The molecule has 1 rings (SSSR count). The molecule has 0 aliphatic carbocycles. The Kier molecular flexibility index (Phi) is 13.3. The van der Waals surface area contributed by atoms with Crippen LogP contribution in [0.25, 0.3) is 0 Å². The van der Waals surface area contributed by atoms with Crippen LogP contribution in [-0.4, -0.2) is 30.0 Å². The maximum absolute atomic E-state index is 8.81. The maximum atomic E-state index is 8.81. The van der Waals surface area contributed by atoms with Gasteiger partial charge in [-0.25, -0.2) is 5.06 Å². The average molecular weight is 205 g/mol. The second-order valence-corrected chi connectivity index (χ2v) is 2.49. The average Bonchev–Trinajstić information content (AvgIpc) is 2.56. The predicted octanol–water partition coefficient (Wildman–Crippen LogP) is 2.20. The van der Waals surface area contributed by atoms with Gasteiger partial charge in [0.15, 0.2) is 0 Å². The third-order valence-electron chi connectivity index (χ3n) is 1.25. The molecule has 0 atom stereocenters. The molecule has 78 valence electrons. The van der Waals surface area contributed by atoms with Crippen LogP contribution in [0.1, 0.15) is 33.6 Å². The largest absolute Gasteiger partial charge is 0.304 e. The number of rotatable bonds is 1. The molecule has 0 amide bonds. The Morgan fingerprint density at radius 3 is 2.15 bits per heavy atom. The van der Waals surface area contributed by atoms with Crippen molar-refractivity contribution in [2.45, 2.75) is 33.6 Å². The molecular formula is C9H19NO2S. The molecule has 0 saturated carbocycles. The lowest BCUT2D eigenvalue weighted by atomic mass is 10.4. The molecular weight excluding hydrogens is 186 g/mol. The van der Waals surface area contributed by atoms with Crippen molar-refractivity contribution in [2.24, 2.45) is 0 Å². The first-order chi connectivity index (χ1) is 6.26. The molecule has 1 aliphatic heterocycles. The summed E-state index contributed by atoms with van der Waals surface area (Å²) in [5, 5.41) is 1.76. The molecule has 1 fully saturated rings. The Labute approximate surface area is 86.0 Å². The predicted molar refractivity (Wildman–Crippen MR) is 58.6 cm³/mol. The van der Waals surface area contributed by atoms with Gasteiger partial charge in [-0.1, -0.05) is 26.1 Å². The monoisotopic (exact) mass is 205 g/mol. The summed E-state index contributed by atoms with van der Waals surface area (Å²) in [5.41, 5.74) is 0. The summed E-state index contributed by atoms with van der Waals surface area (Å²) in [6.45, 7) is 6.41. The van der Waals surface area contributed by atoms with E-state index in [0.29, 0.717) is 0 Å². The zero-order valence-corrected chi connectivity index (χ0v) is 9.69. The first-order valence-corrected chi connectivity index (χ1v) is 4.91. The van der Waals surface area contributed by atoms with Gasteiger partial charge >= 0.3 is 0 Å². The second-order valence-electron chi connectivity index (χ2n) is 2.02. The fourth-order valence-corrected chi connectivity index (χ4v) is 1.13. The molecule has 0 aromatic heterocycles. The lowest BCUT2D eigenvalue weighted by Crippen LogP contribution is -2.21. The SMILES string of the molecule is CC.CC=O.CON1CCCC1=S. The Morgan fingerprint density at radius 1 is 1.54 bits per heavy atom. The van der Waals surface area contributed by atoms with Crippen LogP contribution in [0.3, 0.4) is 0 Å². The molecule has 4 heteroatoms. The van der Waals surface area contributed by atoms with Crippen molar-refractivity contribution in [1.29, 1.82) is 0 Å². The van der Waals surface area contributed by atoms with E-state index in [-0.39, 0.29) is 0 Å². The summed E-state index contributed by atoms with van der Waals surface area (Å²) in [6.07, 6.45) is 2.91. The van der Waals surface area contributed by atoms with Crippen LogP contribution in [0.5, 0.6) is 0 Å². The van der Waals surface area contributed by atoms with E-state index in [1.165, 1.54) is 6.92 Å². The minimum absolute atomic E-state index is 0.750. The first kappa shape index (κ1) is 15.0. The molecule has 13 heavy (non-hydrogen) atoms. The highest BCUT2D eigenvalue weighted by Gasteiger charge is 2.14. The van der Waals surface area contributed by atoms with Crippen LogP contribution in [0.2, 0.25) is 0 Å². The third-order valence-corrected chi connectivity index (χ3v) is 1.66. The molecule has 1 aliphatic rings. The van der Waals surface area contributed by atoms with Crippen molar-refractivity contribution < 1.29 is 9.63 Å². The highest BCUT2D eigenvalue weighted by Crippen LogP contribution is 2.10. The quantitative estimate of drug-likeness (QED) is 0.485. The lowest BCUT2D eigenvalue weighted by Gasteiger charge is -2.12. The van der Waals surface area contributed by atoms with E-state index in [4.69, 9.17) is 21.8 Å². The van der Waals surface area contributed by atoms with Crippen molar-refractivity contribution in [3.05, 3.63) is 0 Å². The van der Waals surface area contributed by atoms with Crippen LogP contribution in [0.4, 0.5) is 0 Å². The van der Waals surface area contributed by atoms with Crippen LogP contribution < -0.4 is 0 Å². The number of thiocarbonyl (C=S) groups is 1. The highest BCUT2D eigenvalue weighted by molar-refractivity contribution is 7.80. The number of nitrogens with zero attached hydrogens (tertiary/aromatic N) is 1. The zero-order valence-electron chi connectivity index (χ0n) is 8.87. The van der Waals surface area contributed by atoms with Crippen LogP contribution >= 0.6 is 12.2 Å². The van der Waals surface area contributed by atoms with Gasteiger partial charge in [0.1, 0.15) is 11.3 Å². The Morgan fingerprint density at radius 2 is 2.00 bits per heavy atom. The summed E-state index contributed by atoms with van der Waals surface area (Å²) in [6, 6.07) is 0. The number of carbonyl (C=O) groups excluding carboxylic acids is 1. The van der Waals surface area contributed by atoms with Crippen molar-refractivity contribution in [2.75, 3.05) is 13.7 Å². The molecule has 0 unspecified atom stereocenters. The molecule has 3 nitrogen and oxygen atoms in total. The summed E-state index contributed by atoms with van der Waals surface area (Å²) in [5.74, 6) is 0. The van der Waals surface area contributed by atoms with E-state index in [9.17, 15) is 0 Å². The van der Waals surface area contributed by atoms with Gasteiger partial charge in [-0.2, -0.15) is 0 Å². The second kappa shape index (κ2) is 11.5. The number of aldehydes is 1. The van der Waals surface area contributed by atoms with Crippen molar-refractivity contribution >= 4 is 23.5 Å². The smallest absolute Gasteiger partial charge is 0.116 e. The van der Waals surface area contributed by atoms with Gasteiger partial charge in [0.2, 0.25) is 0 Å².